The number of benzene rings is 2. The van der Waals surface area contributed by atoms with Crippen LogP contribution in [0.5, 0.6) is 5.75 Å². The summed E-state index contributed by atoms with van der Waals surface area (Å²) in [6.07, 6.45) is 0. The Hall–Kier alpha value is -3.13. The fourth-order valence-corrected chi connectivity index (χ4v) is 2.59. The largest absolute Gasteiger partial charge is 0.497 e. The van der Waals surface area contributed by atoms with Gasteiger partial charge in [-0.2, -0.15) is 0 Å². The smallest absolute Gasteiger partial charge is 0.340 e. The molecule has 0 unspecified atom stereocenters. The minimum Gasteiger partial charge on any atom is -0.497 e. The van der Waals surface area contributed by atoms with Gasteiger partial charge in [0.15, 0.2) is 5.60 Å². The van der Waals surface area contributed by atoms with Crippen molar-refractivity contribution in [3.63, 3.8) is 0 Å². The summed E-state index contributed by atoms with van der Waals surface area (Å²) in [5.74, 6) is -0.140. The van der Waals surface area contributed by atoms with E-state index in [0.29, 0.717) is 17.0 Å². The molecule has 0 aromatic heterocycles. The van der Waals surface area contributed by atoms with Crippen molar-refractivity contribution in [1.82, 2.24) is 0 Å². The van der Waals surface area contributed by atoms with Gasteiger partial charge in [0, 0.05) is 17.8 Å². The van der Waals surface area contributed by atoms with Crippen molar-refractivity contribution in [1.29, 1.82) is 0 Å². The van der Waals surface area contributed by atoms with Crippen molar-refractivity contribution in [3.8, 4) is 5.75 Å². The van der Waals surface area contributed by atoms with Crippen LogP contribution in [0.25, 0.3) is 0 Å². The zero-order valence-corrected chi connectivity index (χ0v) is 15.3. The van der Waals surface area contributed by atoms with Gasteiger partial charge in [0.05, 0.1) is 24.7 Å². The van der Waals surface area contributed by atoms with Crippen molar-refractivity contribution >= 4 is 17.3 Å². The van der Waals surface area contributed by atoms with Gasteiger partial charge in [0.1, 0.15) is 5.75 Å². The monoisotopic (exact) mass is 374 g/mol. The average molecular weight is 374 g/mol. The molecule has 27 heavy (non-hydrogen) atoms. The molecule has 0 fully saturated rings. The van der Waals surface area contributed by atoms with Gasteiger partial charge in [-0.15, -0.1) is 0 Å². The Morgan fingerprint density at radius 1 is 1.22 bits per heavy atom. The van der Waals surface area contributed by atoms with E-state index in [2.05, 4.69) is 5.32 Å². The zero-order valence-electron chi connectivity index (χ0n) is 15.3. The minimum atomic E-state index is -1.91. The van der Waals surface area contributed by atoms with E-state index in [0.717, 1.165) is 0 Å². The standard InChI is InChI=1S/C19H22N2O6/c1-4-27-18(22)19(2,23)17(13-5-9-15(10-6-13)21(24)25)20-14-7-11-16(26-3)12-8-14/h5-12,17,20,23H,4H2,1-3H3/t17-,19-/m0/s1. The summed E-state index contributed by atoms with van der Waals surface area (Å²) in [5, 5.41) is 24.8. The lowest BCUT2D eigenvalue weighted by Gasteiger charge is -2.32. The number of esters is 1. The second-order valence-corrected chi connectivity index (χ2v) is 6.02. The predicted molar refractivity (Wildman–Crippen MR) is 99.7 cm³/mol. The lowest BCUT2D eigenvalue weighted by atomic mass is 9.89. The predicted octanol–water partition coefficient (Wildman–Crippen LogP) is 3.07. The Labute approximate surface area is 156 Å². The SMILES string of the molecule is CCOC(=O)[C@@](C)(O)[C@@H](Nc1ccc(OC)cc1)c1ccc([N+](=O)[O-])cc1. The summed E-state index contributed by atoms with van der Waals surface area (Å²) in [7, 11) is 1.55. The van der Waals surface area contributed by atoms with Crippen LogP contribution >= 0.6 is 0 Å². The summed E-state index contributed by atoms with van der Waals surface area (Å²) >= 11 is 0. The highest BCUT2D eigenvalue weighted by atomic mass is 16.6. The van der Waals surface area contributed by atoms with Gasteiger partial charge < -0.3 is 19.9 Å². The van der Waals surface area contributed by atoms with Gasteiger partial charge in [-0.05, 0) is 43.7 Å². The Balaban J connectivity index is 2.40. The van der Waals surface area contributed by atoms with Gasteiger partial charge in [0.2, 0.25) is 0 Å². The molecule has 0 saturated heterocycles. The number of carbonyl (C=O) groups is 1. The van der Waals surface area contributed by atoms with Gasteiger partial charge >= 0.3 is 5.97 Å². The first-order valence-corrected chi connectivity index (χ1v) is 8.34. The number of nitro groups is 1. The molecule has 8 nitrogen and oxygen atoms in total. The number of nitro benzene ring substituents is 1. The third kappa shape index (κ3) is 4.73. The highest BCUT2D eigenvalue weighted by Crippen LogP contribution is 2.32. The maximum atomic E-state index is 12.3. The van der Waals surface area contributed by atoms with E-state index < -0.39 is 22.5 Å². The molecule has 0 spiro atoms. The molecule has 2 aromatic carbocycles. The molecule has 0 bridgehead atoms. The zero-order chi connectivity index (χ0) is 20.0. The van der Waals surface area contributed by atoms with Crippen LogP contribution in [0.4, 0.5) is 11.4 Å². The molecule has 0 heterocycles. The number of rotatable bonds is 8. The van der Waals surface area contributed by atoms with Crippen LogP contribution in [-0.2, 0) is 9.53 Å². The Morgan fingerprint density at radius 3 is 2.30 bits per heavy atom. The molecule has 0 radical (unpaired) electrons. The maximum absolute atomic E-state index is 12.3. The minimum absolute atomic E-state index is 0.0854. The molecular formula is C19H22N2O6. The van der Waals surface area contributed by atoms with Crippen LogP contribution in [-0.4, -0.2) is 35.3 Å². The number of non-ortho nitro benzene ring substituents is 1. The number of methoxy groups -OCH3 is 1. The topological polar surface area (TPSA) is 111 Å². The highest BCUT2D eigenvalue weighted by Gasteiger charge is 2.42. The van der Waals surface area contributed by atoms with E-state index >= 15 is 0 Å². The van der Waals surface area contributed by atoms with Crippen LogP contribution in [0, 0.1) is 10.1 Å². The number of anilines is 1. The number of carbonyl (C=O) groups excluding carboxylic acids is 1. The number of nitrogens with zero attached hydrogens (tertiary/aromatic N) is 1. The number of hydrogen-bond donors (Lipinski definition) is 2. The van der Waals surface area contributed by atoms with Gasteiger partial charge in [-0.1, -0.05) is 12.1 Å². The molecular weight excluding hydrogens is 352 g/mol. The van der Waals surface area contributed by atoms with Crippen LogP contribution in [0.15, 0.2) is 48.5 Å². The molecule has 8 heteroatoms. The summed E-state index contributed by atoms with van der Waals surface area (Å²) in [5.41, 5.74) is -0.873. The van der Waals surface area contributed by atoms with Crippen LogP contribution < -0.4 is 10.1 Å². The summed E-state index contributed by atoms with van der Waals surface area (Å²) < 4.78 is 10.1. The second kappa shape index (κ2) is 8.50. The second-order valence-electron chi connectivity index (χ2n) is 6.02. The van der Waals surface area contributed by atoms with Crippen molar-refractivity contribution in [3.05, 3.63) is 64.2 Å². The molecule has 0 amide bonds. The van der Waals surface area contributed by atoms with Crippen LogP contribution in [0.3, 0.4) is 0 Å². The molecule has 2 rings (SSSR count). The number of nitrogens with one attached hydrogen (secondary N) is 1. The molecule has 2 atom stereocenters. The van der Waals surface area contributed by atoms with Gasteiger partial charge in [-0.25, -0.2) is 4.79 Å². The number of aliphatic hydroxyl groups is 1. The maximum Gasteiger partial charge on any atom is 0.340 e. The van der Waals surface area contributed by atoms with Crippen LogP contribution in [0.1, 0.15) is 25.5 Å². The Kier molecular flexibility index (Phi) is 6.36. The highest BCUT2D eigenvalue weighted by molar-refractivity contribution is 5.81. The first kappa shape index (κ1) is 20.2. The van der Waals surface area contributed by atoms with E-state index in [-0.39, 0.29) is 12.3 Å². The molecule has 0 aliphatic carbocycles. The summed E-state index contributed by atoms with van der Waals surface area (Å²) in [6.45, 7) is 3.10. The quantitative estimate of drug-likeness (QED) is 0.415. The van der Waals surface area contributed by atoms with Crippen molar-refractivity contribution in [2.75, 3.05) is 19.0 Å². The molecule has 0 saturated carbocycles. The Morgan fingerprint density at radius 2 is 1.81 bits per heavy atom. The van der Waals surface area contributed by atoms with Crippen LogP contribution in [0.2, 0.25) is 0 Å². The van der Waals surface area contributed by atoms with E-state index in [9.17, 15) is 20.0 Å². The third-order valence-corrected chi connectivity index (χ3v) is 4.09. The lowest BCUT2D eigenvalue weighted by Crippen LogP contribution is -2.46. The van der Waals surface area contributed by atoms with Gasteiger partial charge in [0.25, 0.3) is 5.69 Å². The molecule has 144 valence electrons. The fourth-order valence-electron chi connectivity index (χ4n) is 2.59. The van der Waals surface area contributed by atoms with E-state index in [1.807, 2.05) is 0 Å². The summed E-state index contributed by atoms with van der Waals surface area (Å²) in [6, 6.07) is 11.7. The van der Waals surface area contributed by atoms with Crippen molar-refractivity contribution in [2.45, 2.75) is 25.5 Å². The number of hydrogen-bond acceptors (Lipinski definition) is 7. The van der Waals surface area contributed by atoms with Crippen molar-refractivity contribution < 1.29 is 24.3 Å². The average Bonchev–Trinajstić information content (AvgIpc) is 2.66. The first-order valence-electron chi connectivity index (χ1n) is 8.34. The molecule has 2 N–H and O–H groups in total. The van der Waals surface area contributed by atoms with Crippen molar-refractivity contribution in [2.24, 2.45) is 0 Å². The third-order valence-electron chi connectivity index (χ3n) is 4.09. The van der Waals surface area contributed by atoms with E-state index in [4.69, 9.17) is 9.47 Å². The molecule has 0 aliphatic rings. The normalized spacial score (nSPS) is 13.9. The lowest BCUT2D eigenvalue weighted by molar-refractivity contribution is -0.384. The number of ether oxygens (including phenoxy) is 2. The molecule has 0 aliphatic heterocycles. The summed E-state index contributed by atoms with van der Waals surface area (Å²) in [4.78, 5) is 22.7. The van der Waals surface area contributed by atoms with E-state index in [1.54, 1.807) is 38.3 Å². The fraction of sp³-hybridized carbons (Fsp3) is 0.316. The Bertz CT molecular complexity index is 787. The first-order chi connectivity index (χ1) is 12.8. The van der Waals surface area contributed by atoms with E-state index in [1.165, 1.54) is 31.2 Å². The molecule has 2 aromatic rings. The van der Waals surface area contributed by atoms with Gasteiger partial charge in [-0.3, -0.25) is 10.1 Å².